The number of thiazole rings is 1. The van der Waals surface area contributed by atoms with Gasteiger partial charge < -0.3 is 0 Å². The normalized spacial score (nSPS) is 16.4. The van der Waals surface area contributed by atoms with Crippen LogP contribution in [0.2, 0.25) is 0 Å². The molecule has 94 valence electrons. The first-order chi connectivity index (χ1) is 8.24. The Bertz CT molecular complexity index is 398. The topological polar surface area (TPSA) is 71.2 Å². The summed E-state index contributed by atoms with van der Waals surface area (Å²) in [6.45, 7) is 5.14. The van der Waals surface area contributed by atoms with Gasteiger partial charge in [0.1, 0.15) is 9.88 Å². The minimum atomic E-state index is -0.230. The van der Waals surface area contributed by atoms with Crippen molar-refractivity contribution in [2.45, 2.75) is 32.7 Å². The Labute approximate surface area is 105 Å². The van der Waals surface area contributed by atoms with Crippen LogP contribution in [0.15, 0.2) is 0 Å². The molecular weight excluding hydrogens is 236 g/mol. The molecule has 5 nitrogen and oxygen atoms in total. The number of hydrogen-bond acceptors (Lipinski definition) is 5. The summed E-state index contributed by atoms with van der Waals surface area (Å²) >= 11 is 1.46. The van der Waals surface area contributed by atoms with Crippen molar-refractivity contribution in [3.05, 3.63) is 15.6 Å². The lowest BCUT2D eigenvalue weighted by Crippen LogP contribution is -2.30. The van der Waals surface area contributed by atoms with Crippen LogP contribution in [0.5, 0.6) is 0 Å². The van der Waals surface area contributed by atoms with Crippen LogP contribution < -0.4 is 11.3 Å². The van der Waals surface area contributed by atoms with Gasteiger partial charge >= 0.3 is 0 Å². The van der Waals surface area contributed by atoms with Crippen LogP contribution in [-0.2, 0) is 13.0 Å². The fourth-order valence-electron chi connectivity index (χ4n) is 2.08. The first-order valence-corrected chi connectivity index (χ1v) is 6.78. The van der Waals surface area contributed by atoms with Crippen molar-refractivity contribution in [2.24, 2.45) is 5.84 Å². The smallest absolute Gasteiger partial charge is 0.277 e. The number of amides is 1. The van der Waals surface area contributed by atoms with Gasteiger partial charge in [-0.05, 0) is 32.4 Å². The molecule has 1 amide bonds. The number of aromatic nitrogens is 1. The molecule has 0 aliphatic carbocycles. The molecule has 0 atom stereocenters. The minimum absolute atomic E-state index is 0.230. The minimum Gasteiger partial charge on any atom is -0.297 e. The largest absolute Gasteiger partial charge is 0.297 e. The van der Waals surface area contributed by atoms with Gasteiger partial charge in [0.05, 0.1) is 12.2 Å². The van der Waals surface area contributed by atoms with E-state index in [1.807, 2.05) is 6.92 Å². The third kappa shape index (κ3) is 2.83. The maximum atomic E-state index is 11.6. The highest BCUT2D eigenvalue weighted by Gasteiger charge is 2.19. The number of hydrogen-bond donors (Lipinski definition) is 2. The van der Waals surface area contributed by atoms with Gasteiger partial charge in [0, 0.05) is 0 Å². The van der Waals surface area contributed by atoms with E-state index in [0.717, 1.165) is 36.8 Å². The molecule has 0 aromatic carbocycles. The molecule has 1 aromatic heterocycles. The molecule has 0 bridgehead atoms. The highest BCUT2D eigenvalue weighted by Crippen LogP contribution is 2.22. The maximum absolute atomic E-state index is 11.6. The average Bonchev–Trinajstić information content (AvgIpc) is 2.97. The van der Waals surface area contributed by atoms with E-state index in [2.05, 4.69) is 15.3 Å². The Hall–Kier alpha value is -0.980. The van der Waals surface area contributed by atoms with Gasteiger partial charge in [0.2, 0.25) is 0 Å². The molecule has 0 radical (unpaired) electrons. The summed E-state index contributed by atoms with van der Waals surface area (Å²) in [6.07, 6.45) is 3.30. The molecule has 1 aromatic rings. The molecule has 2 rings (SSSR count). The number of carbonyl (C=O) groups is 1. The van der Waals surface area contributed by atoms with Crippen LogP contribution in [0, 0.1) is 0 Å². The lowest BCUT2D eigenvalue weighted by Gasteiger charge is -2.11. The molecule has 1 aliphatic rings. The van der Waals surface area contributed by atoms with Gasteiger partial charge in [-0.1, -0.05) is 6.92 Å². The van der Waals surface area contributed by atoms with Crippen molar-refractivity contribution in [2.75, 3.05) is 13.1 Å². The SMILES string of the molecule is CCc1nc(CN2CCCC2)sc1C(=O)NN. The van der Waals surface area contributed by atoms with Crippen molar-refractivity contribution in [3.8, 4) is 0 Å². The summed E-state index contributed by atoms with van der Waals surface area (Å²) < 4.78 is 0. The fourth-order valence-corrected chi connectivity index (χ4v) is 3.18. The second kappa shape index (κ2) is 5.57. The Kier molecular flexibility index (Phi) is 4.09. The predicted octanol–water partition coefficient (Wildman–Crippen LogP) is 0.905. The average molecular weight is 254 g/mol. The number of nitrogens with one attached hydrogen (secondary N) is 1. The quantitative estimate of drug-likeness (QED) is 0.476. The molecule has 2 heterocycles. The molecule has 1 saturated heterocycles. The number of carbonyl (C=O) groups excluding carboxylic acids is 1. The number of hydrazine groups is 1. The lowest BCUT2D eigenvalue weighted by molar-refractivity contribution is 0.0956. The Morgan fingerprint density at radius 3 is 2.82 bits per heavy atom. The van der Waals surface area contributed by atoms with Gasteiger partial charge in [0.25, 0.3) is 5.91 Å². The maximum Gasteiger partial charge on any atom is 0.277 e. The van der Waals surface area contributed by atoms with E-state index in [0.29, 0.717) is 4.88 Å². The number of rotatable bonds is 4. The summed E-state index contributed by atoms with van der Waals surface area (Å²) in [7, 11) is 0. The van der Waals surface area contributed by atoms with Gasteiger partial charge in [0.15, 0.2) is 0 Å². The zero-order chi connectivity index (χ0) is 12.3. The van der Waals surface area contributed by atoms with Gasteiger partial charge in [-0.3, -0.25) is 15.1 Å². The number of aryl methyl sites for hydroxylation is 1. The van der Waals surface area contributed by atoms with Crippen molar-refractivity contribution < 1.29 is 4.79 Å². The van der Waals surface area contributed by atoms with E-state index in [1.165, 1.54) is 24.2 Å². The van der Waals surface area contributed by atoms with E-state index in [1.54, 1.807) is 0 Å². The molecule has 0 spiro atoms. The van der Waals surface area contributed by atoms with Gasteiger partial charge in [-0.15, -0.1) is 11.3 Å². The van der Waals surface area contributed by atoms with E-state index in [-0.39, 0.29) is 5.91 Å². The fraction of sp³-hybridized carbons (Fsp3) is 0.636. The van der Waals surface area contributed by atoms with Gasteiger partial charge in [-0.2, -0.15) is 0 Å². The first kappa shape index (κ1) is 12.5. The Balaban J connectivity index is 2.12. The molecule has 1 fully saturated rings. The van der Waals surface area contributed by atoms with Crippen molar-refractivity contribution in [1.29, 1.82) is 0 Å². The molecule has 0 unspecified atom stereocenters. The standard InChI is InChI=1S/C11H18N4OS/c1-2-8-10(11(16)14-12)17-9(13-8)7-15-5-3-4-6-15/h2-7,12H2,1H3,(H,14,16). The number of nitrogens with two attached hydrogens (primary N) is 1. The summed E-state index contributed by atoms with van der Waals surface area (Å²) in [5.74, 6) is 4.94. The van der Waals surface area contributed by atoms with Crippen molar-refractivity contribution >= 4 is 17.2 Å². The van der Waals surface area contributed by atoms with Crippen LogP contribution in [0.1, 0.15) is 40.1 Å². The first-order valence-electron chi connectivity index (χ1n) is 5.96. The highest BCUT2D eigenvalue weighted by atomic mass is 32.1. The van der Waals surface area contributed by atoms with Crippen molar-refractivity contribution in [1.82, 2.24) is 15.3 Å². The van der Waals surface area contributed by atoms with Crippen LogP contribution >= 0.6 is 11.3 Å². The van der Waals surface area contributed by atoms with E-state index < -0.39 is 0 Å². The van der Waals surface area contributed by atoms with Crippen LogP contribution in [0.3, 0.4) is 0 Å². The second-order valence-corrected chi connectivity index (χ2v) is 5.28. The zero-order valence-corrected chi connectivity index (χ0v) is 10.8. The second-order valence-electron chi connectivity index (χ2n) is 4.19. The number of nitrogens with zero attached hydrogens (tertiary/aromatic N) is 2. The predicted molar refractivity (Wildman–Crippen MR) is 67.7 cm³/mol. The van der Waals surface area contributed by atoms with E-state index >= 15 is 0 Å². The molecule has 1 aliphatic heterocycles. The van der Waals surface area contributed by atoms with Crippen LogP contribution in [0.25, 0.3) is 0 Å². The van der Waals surface area contributed by atoms with Gasteiger partial charge in [-0.25, -0.2) is 10.8 Å². The molecule has 17 heavy (non-hydrogen) atoms. The lowest BCUT2D eigenvalue weighted by atomic mass is 10.3. The highest BCUT2D eigenvalue weighted by molar-refractivity contribution is 7.13. The number of likely N-dealkylation sites (tertiary alicyclic amines) is 1. The number of nitrogen functional groups attached to an aromatic ring is 1. The van der Waals surface area contributed by atoms with Crippen LogP contribution in [-0.4, -0.2) is 28.9 Å². The molecular formula is C11H18N4OS. The third-order valence-electron chi connectivity index (χ3n) is 2.97. The molecule has 0 saturated carbocycles. The Morgan fingerprint density at radius 1 is 1.53 bits per heavy atom. The summed E-state index contributed by atoms with van der Waals surface area (Å²) in [5, 5.41) is 1.02. The summed E-state index contributed by atoms with van der Waals surface area (Å²) in [5.41, 5.74) is 3.03. The van der Waals surface area contributed by atoms with Crippen LogP contribution in [0.4, 0.5) is 0 Å². The monoisotopic (exact) mass is 254 g/mol. The summed E-state index contributed by atoms with van der Waals surface area (Å²) in [4.78, 5) is 19.1. The zero-order valence-electron chi connectivity index (χ0n) is 10.0. The van der Waals surface area contributed by atoms with Crippen molar-refractivity contribution in [3.63, 3.8) is 0 Å². The van der Waals surface area contributed by atoms with E-state index in [9.17, 15) is 4.79 Å². The van der Waals surface area contributed by atoms with E-state index in [4.69, 9.17) is 5.84 Å². The molecule has 3 N–H and O–H groups in total. The summed E-state index contributed by atoms with van der Waals surface area (Å²) in [6, 6.07) is 0. The third-order valence-corrected chi connectivity index (χ3v) is 4.05. The molecule has 6 heteroatoms. The Morgan fingerprint density at radius 2 is 2.24 bits per heavy atom.